The van der Waals surface area contributed by atoms with Crippen LogP contribution in [-0.2, 0) is 9.59 Å². The molecule has 1 saturated carbocycles. The molecule has 1 aliphatic carbocycles. The second kappa shape index (κ2) is 6.41. The van der Waals surface area contributed by atoms with Gasteiger partial charge in [0.25, 0.3) is 0 Å². The Balaban J connectivity index is 1.76. The lowest BCUT2D eigenvalue weighted by Gasteiger charge is -2.27. The summed E-state index contributed by atoms with van der Waals surface area (Å²) in [5.41, 5.74) is 0.564. The molecule has 120 valence electrons. The van der Waals surface area contributed by atoms with E-state index in [1.807, 2.05) is 18.2 Å². The number of nitrogens with one attached hydrogen (secondary N) is 1. The van der Waals surface area contributed by atoms with E-state index in [2.05, 4.69) is 11.4 Å². The molecule has 0 radical (unpaired) electrons. The number of nitrogens with zero attached hydrogens (tertiary/aromatic N) is 2. The first kappa shape index (κ1) is 15.5. The Morgan fingerprint density at radius 1 is 1.22 bits per heavy atom. The fourth-order valence-electron chi connectivity index (χ4n) is 3.45. The normalized spacial score (nSPS) is 20.1. The second-order valence-electron chi connectivity index (χ2n) is 6.41. The van der Waals surface area contributed by atoms with Crippen LogP contribution in [0.5, 0.6) is 0 Å². The van der Waals surface area contributed by atoms with Gasteiger partial charge in [-0.2, -0.15) is 5.26 Å². The van der Waals surface area contributed by atoms with Gasteiger partial charge in [0.2, 0.25) is 11.8 Å². The molecule has 0 bridgehead atoms. The van der Waals surface area contributed by atoms with Crippen LogP contribution < -0.4 is 10.2 Å². The summed E-state index contributed by atoms with van der Waals surface area (Å²) in [7, 11) is 0. The van der Waals surface area contributed by atoms with Crippen LogP contribution in [0.15, 0.2) is 24.3 Å². The maximum atomic E-state index is 12.5. The topological polar surface area (TPSA) is 73.2 Å². The van der Waals surface area contributed by atoms with E-state index in [4.69, 9.17) is 0 Å². The molecule has 0 spiro atoms. The third kappa shape index (κ3) is 3.07. The monoisotopic (exact) mass is 311 g/mol. The zero-order valence-corrected chi connectivity index (χ0v) is 13.2. The smallest absolute Gasteiger partial charge is 0.244 e. The Kier molecular flexibility index (Phi) is 4.33. The molecule has 2 amide bonds. The Morgan fingerprint density at radius 2 is 2.00 bits per heavy atom. The van der Waals surface area contributed by atoms with E-state index >= 15 is 0 Å². The number of rotatable bonds is 3. The van der Waals surface area contributed by atoms with Crippen LogP contribution in [-0.4, -0.2) is 18.4 Å². The Morgan fingerprint density at radius 3 is 2.70 bits per heavy atom. The quantitative estimate of drug-likeness (QED) is 0.931. The summed E-state index contributed by atoms with van der Waals surface area (Å²) in [4.78, 5) is 26.3. The van der Waals surface area contributed by atoms with Gasteiger partial charge in [-0.05, 0) is 43.9 Å². The van der Waals surface area contributed by atoms with Crippen LogP contribution in [0.3, 0.4) is 0 Å². The molecule has 1 saturated heterocycles. The first-order chi connectivity index (χ1) is 11.1. The van der Waals surface area contributed by atoms with Crippen LogP contribution in [0.4, 0.5) is 11.4 Å². The highest BCUT2D eigenvalue weighted by Gasteiger charge is 2.41. The second-order valence-corrected chi connectivity index (χ2v) is 6.41. The molecule has 5 nitrogen and oxygen atoms in total. The Labute approximate surface area is 136 Å². The molecule has 1 N–H and O–H groups in total. The number of amides is 2. The maximum Gasteiger partial charge on any atom is 0.244 e. The molecule has 23 heavy (non-hydrogen) atoms. The fourth-order valence-corrected chi connectivity index (χ4v) is 3.45. The molecule has 3 rings (SSSR count). The zero-order chi connectivity index (χ0) is 16.3. The summed E-state index contributed by atoms with van der Waals surface area (Å²) in [5.74, 6) is -0.0939. The average Bonchev–Trinajstić information content (AvgIpc) is 3.06. The minimum atomic E-state index is -0.892. The molecular formula is C18H21N3O2. The molecule has 2 aliphatic rings. The summed E-state index contributed by atoms with van der Waals surface area (Å²) in [6.45, 7) is 0.721. The lowest BCUT2D eigenvalue weighted by atomic mass is 9.87. The van der Waals surface area contributed by atoms with E-state index in [1.165, 1.54) is 0 Å². The van der Waals surface area contributed by atoms with Crippen molar-refractivity contribution in [3.63, 3.8) is 0 Å². The number of hydrogen-bond acceptors (Lipinski definition) is 3. The van der Waals surface area contributed by atoms with Gasteiger partial charge in [0.05, 0.1) is 6.07 Å². The summed E-state index contributed by atoms with van der Waals surface area (Å²) < 4.78 is 0. The van der Waals surface area contributed by atoms with E-state index in [0.29, 0.717) is 24.9 Å². The molecule has 1 aliphatic heterocycles. The number of benzene rings is 1. The maximum absolute atomic E-state index is 12.5. The third-order valence-corrected chi connectivity index (χ3v) is 4.84. The Hall–Kier alpha value is -2.35. The minimum Gasteiger partial charge on any atom is -0.325 e. The summed E-state index contributed by atoms with van der Waals surface area (Å²) >= 11 is 0. The summed E-state index contributed by atoms with van der Waals surface area (Å²) in [6, 6.07) is 9.55. The molecule has 1 heterocycles. The van der Waals surface area contributed by atoms with Gasteiger partial charge in [-0.1, -0.05) is 18.9 Å². The fraction of sp³-hybridized carbons (Fsp3) is 0.500. The van der Waals surface area contributed by atoms with Crippen LogP contribution in [0.1, 0.15) is 44.9 Å². The van der Waals surface area contributed by atoms with Crippen molar-refractivity contribution >= 4 is 23.2 Å². The van der Waals surface area contributed by atoms with Gasteiger partial charge < -0.3 is 10.2 Å². The lowest BCUT2D eigenvalue weighted by Crippen LogP contribution is -2.35. The minimum absolute atomic E-state index is 0.129. The van der Waals surface area contributed by atoms with E-state index in [0.717, 1.165) is 37.9 Å². The van der Waals surface area contributed by atoms with Crippen molar-refractivity contribution in [2.45, 2.75) is 44.9 Å². The van der Waals surface area contributed by atoms with Gasteiger partial charge in [0, 0.05) is 24.3 Å². The van der Waals surface area contributed by atoms with Gasteiger partial charge in [-0.3, -0.25) is 9.59 Å². The van der Waals surface area contributed by atoms with Gasteiger partial charge >= 0.3 is 0 Å². The van der Waals surface area contributed by atoms with Gasteiger partial charge in [-0.15, -0.1) is 0 Å². The first-order valence-corrected chi connectivity index (χ1v) is 8.28. The highest BCUT2D eigenvalue weighted by atomic mass is 16.2. The number of carbonyl (C=O) groups excluding carboxylic acids is 2. The van der Waals surface area contributed by atoms with Crippen molar-refractivity contribution in [1.82, 2.24) is 0 Å². The van der Waals surface area contributed by atoms with Gasteiger partial charge in [0.15, 0.2) is 0 Å². The van der Waals surface area contributed by atoms with Crippen LogP contribution in [0, 0.1) is 16.7 Å². The van der Waals surface area contributed by atoms with Crippen molar-refractivity contribution in [3.05, 3.63) is 24.3 Å². The van der Waals surface area contributed by atoms with Crippen LogP contribution in [0.2, 0.25) is 0 Å². The van der Waals surface area contributed by atoms with E-state index < -0.39 is 5.41 Å². The number of anilines is 2. The summed E-state index contributed by atoms with van der Waals surface area (Å²) in [5, 5.41) is 12.3. The molecule has 0 unspecified atom stereocenters. The number of carbonyl (C=O) groups is 2. The first-order valence-electron chi connectivity index (χ1n) is 8.28. The van der Waals surface area contributed by atoms with Crippen molar-refractivity contribution in [3.8, 4) is 6.07 Å². The van der Waals surface area contributed by atoms with Crippen molar-refractivity contribution < 1.29 is 9.59 Å². The molecule has 5 heteroatoms. The highest BCUT2D eigenvalue weighted by molar-refractivity contribution is 5.99. The molecule has 1 aromatic carbocycles. The van der Waals surface area contributed by atoms with Crippen molar-refractivity contribution in [1.29, 1.82) is 5.26 Å². The van der Waals surface area contributed by atoms with Gasteiger partial charge in [0.1, 0.15) is 5.41 Å². The predicted octanol–water partition coefficient (Wildman–Crippen LogP) is 3.23. The van der Waals surface area contributed by atoms with Crippen molar-refractivity contribution in [2.75, 3.05) is 16.8 Å². The zero-order valence-electron chi connectivity index (χ0n) is 13.2. The lowest BCUT2D eigenvalue weighted by molar-refractivity contribution is -0.122. The Bertz CT molecular complexity index is 656. The van der Waals surface area contributed by atoms with E-state index in [9.17, 15) is 14.9 Å². The van der Waals surface area contributed by atoms with E-state index in [-0.39, 0.29) is 11.8 Å². The standard InChI is InChI=1S/C18H21N3O2/c19-13-18(9-2-3-10-18)17(23)20-14-6-5-7-15(12-14)21-11-4-1-8-16(21)22/h5-7,12H,1-4,8-11H2,(H,20,23). The number of piperidine rings is 1. The molecule has 0 aromatic heterocycles. The SMILES string of the molecule is N#CC1(C(=O)Nc2cccc(N3CCCCC3=O)c2)CCCC1. The predicted molar refractivity (Wildman–Crippen MR) is 87.8 cm³/mol. The van der Waals surface area contributed by atoms with Crippen LogP contribution in [0.25, 0.3) is 0 Å². The number of hydrogen-bond donors (Lipinski definition) is 1. The van der Waals surface area contributed by atoms with Gasteiger partial charge in [-0.25, -0.2) is 0 Å². The highest BCUT2D eigenvalue weighted by Crippen LogP contribution is 2.38. The number of nitriles is 1. The molecule has 2 fully saturated rings. The largest absolute Gasteiger partial charge is 0.325 e. The van der Waals surface area contributed by atoms with Crippen LogP contribution >= 0.6 is 0 Å². The summed E-state index contributed by atoms with van der Waals surface area (Å²) in [6.07, 6.45) is 5.61. The van der Waals surface area contributed by atoms with E-state index in [1.54, 1.807) is 11.0 Å². The van der Waals surface area contributed by atoms with Crippen molar-refractivity contribution in [2.24, 2.45) is 5.41 Å². The molecule has 1 aromatic rings. The molecular weight excluding hydrogens is 290 g/mol. The third-order valence-electron chi connectivity index (χ3n) is 4.84. The molecule has 0 atom stereocenters. The average molecular weight is 311 g/mol.